The molecule has 0 atom stereocenters. The average Bonchev–Trinajstić information content (AvgIpc) is 1.77. The summed E-state index contributed by atoms with van der Waals surface area (Å²) >= 11 is 0. The second-order valence-electron chi connectivity index (χ2n) is 2.15. The molecule has 49 valence electrons. The summed E-state index contributed by atoms with van der Waals surface area (Å²) in [7, 11) is 0. The van der Waals surface area contributed by atoms with Crippen LogP contribution < -0.4 is 0 Å². The third-order valence-electron chi connectivity index (χ3n) is 1.22. The molecular formula is C8H11O. The van der Waals surface area contributed by atoms with Gasteiger partial charge in [-0.3, -0.25) is 5.48 Å². The Labute approximate surface area is 55.6 Å². The van der Waals surface area contributed by atoms with Crippen LogP contribution in [0, 0.1) is 13.8 Å². The molecule has 1 heteroatoms. The van der Waals surface area contributed by atoms with E-state index >= 15 is 0 Å². The molecule has 1 rings (SSSR count). The Balaban J connectivity index is 0.000000640. The van der Waals surface area contributed by atoms with Crippen LogP contribution >= 0.6 is 0 Å². The SMILES string of the molecule is Cc1ccc(C)cc1.[OH]. The average molecular weight is 123 g/mol. The third kappa shape index (κ3) is 2.29. The molecule has 0 amide bonds. The first-order valence-corrected chi connectivity index (χ1v) is 2.82. The molecule has 0 saturated carbocycles. The molecular weight excluding hydrogens is 112 g/mol. The molecule has 1 aromatic rings. The topological polar surface area (TPSA) is 30.0 Å². The lowest BCUT2D eigenvalue weighted by molar-refractivity contribution is 0.824. The van der Waals surface area contributed by atoms with Crippen LogP contribution in [0.5, 0.6) is 0 Å². The van der Waals surface area contributed by atoms with Crippen LogP contribution in [-0.4, -0.2) is 5.48 Å². The molecule has 1 radical (unpaired) electrons. The Bertz CT molecular complexity index is 143. The minimum absolute atomic E-state index is 0. The molecule has 0 saturated heterocycles. The van der Waals surface area contributed by atoms with E-state index in [4.69, 9.17) is 0 Å². The maximum Gasteiger partial charge on any atom is -0.0398 e. The summed E-state index contributed by atoms with van der Waals surface area (Å²) in [5.41, 5.74) is 2.66. The zero-order chi connectivity index (χ0) is 5.98. The lowest BCUT2D eigenvalue weighted by Crippen LogP contribution is -1.70. The van der Waals surface area contributed by atoms with Crippen molar-refractivity contribution < 1.29 is 5.48 Å². The predicted octanol–water partition coefficient (Wildman–Crippen LogP) is 2.13. The molecule has 0 aliphatic heterocycles. The van der Waals surface area contributed by atoms with Gasteiger partial charge in [0.15, 0.2) is 0 Å². The van der Waals surface area contributed by atoms with Gasteiger partial charge in [-0.25, -0.2) is 0 Å². The van der Waals surface area contributed by atoms with Gasteiger partial charge in [-0.1, -0.05) is 35.4 Å². The number of hydrogen-bond acceptors (Lipinski definition) is 0. The normalized spacial score (nSPS) is 8.22. The monoisotopic (exact) mass is 123 g/mol. The van der Waals surface area contributed by atoms with Crippen molar-refractivity contribution in [2.45, 2.75) is 13.8 Å². The Morgan fingerprint density at radius 2 is 1.00 bits per heavy atom. The quantitative estimate of drug-likeness (QED) is 0.547. The second-order valence-corrected chi connectivity index (χ2v) is 2.15. The first-order chi connectivity index (χ1) is 3.79. The molecule has 1 nitrogen and oxygen atoms in total. The molecule has 1 N–H and O–H groups in total. The first-order valence-electron chi connectivity index (χ1n) is 2.82. The van der Waals surface area contributed by atoms with Gasteiger partial charge in [0.25, 0.3) is 0 Å². The van der Waals surface area contributed by atoms with Gasteiger partial charge in [0.1, 0.15) is 0 Å². The number of benzene rings is 1. The van der Waals surface area contributed by atoms with E-state index in [1.54, 1.807) is 0 Å². The van der Waals surface area contributed by atoms with Crippen molar-refractivity contribution in [2.75, 3.05) is 0 Å². The summed E-state index contributed by atoms with van der Waals surface area (Å²) in [6.45, 7) is 4.19. The fourth-order valence-electron chi connectivity index (χ4n) is 0.637. The predicted molar refractivity (Wildman–Crippen MR) is 37.9 cm³/mol. The van der Waals surface area contributed by atoms with E-state index in [1.807, 2.05) is 0 Å². The zero-order valence-electron chi connectivity index (χ0n) is 5.76. The van der Waals surface area contributed by atoms with Crippen molar-refractivity contribution in [3.05, 3.63) is 35.4 Å². The standard InChI is InChI=1S/C8H10.HO/c1-7-3-5-8(2)6-4-7;/h3-6H,1-2H3;1H. The van der Waals surface area contributed by atoms with Crippen LogP contribution in [-0.2, 0) is 0 Å². The van der Waals surface area contributed by atoms with E-state index in [9.17, 15) is 0 Å². The van der Waals surface area contributed by atoms with Crippen LogP contribution in [0.15, 0.2) is 24.3 Å². The van der Waals surface area contributed by atoms with Crippen molar-refractivity contribution in [1.82, 2.24) is 0 Å². The number of hydrogen-bond donors (Lipinski definition) is 1. The summed E-state index contributed by atoms with van der Waals surface area (Å²) < 4.78 is 0. The van der Waals surface area contributed by atoms with Crippen molar-refractivity contribution in [3.63, 3.8) is 0 Å². The minimum Gasteiger partial charge on any atom is -0.255 e. The van der Waals surface area contributed by atoms with Crippen molar-refractivity contribution in [2.24, 2.45) is 0 Å². The molecule has 0 fully saturated rings. The third-order valence-corrected chi connectivity index (χ3v) is 1.22. The summed E-state index contributed by atoms with van der Waals surface area (Å²) in [5.74, 6) is 0. The fourth-order valence-corrected chi connectivity index (χ4v) is 0.637. The Kier molecular flexibility index (Phi) is 2.96. The summed E-state index contributed by atoms with van der Waals surface area (Å²) in [6.07, 6.45) is 0. The van der Waals surface area contributed by atoms with Crippen LogP contribution in [0.2, 0.25) is 0 Å². The number of aryl methyl sites for hydroxylation is 2. The van der Waals surface area contributed by atoms with Gasteiger partial charge < -0.3 is 0 Å². The van der Waals surface area contributed by atoms with Crippen LogP contribution in [0.4, 0.5) is 0 Å². The van der Waals surface area contributed by atoms with E-state index in [1.165, 1.54) is 11.1 Å². The smallest absolute Gasteiger partial charge is 0.0398 e. The second kappa shape index (κ2) is 3.25. The fraction of sp³-hybridized carbons (Fsp3) is 0.250. The summed E-state index contributed by atoms with van der Waals surface area (Å²) in [6, 6.07) is 8.48. The maximum absolute atomic E-state index is 2.12. The highest BCUT2D eigenvalue weighted by molar-refractivity contribution is 5.19. The first kappa shape index (κ1) is 8.18. The summed E-state index contributed by atoms with van der Waals surface area (Å²) in [5, 5.41) is 0. The lowest BCUT2D eigenvalue weighted by atomic mass is 10.2. The van der Waals surface area contributed by atoms with Gasteiger partial charge in [0.05, 0.1) is 0 Å². The molecule has 0 aliphatic carbocycles. The molecule has 0 bridgehead atoms. The van der Waals surface area contributed by atoms with E-state index in [2.05, 4.69) is 38.1 Å². The van der Waals surface area contributed by atoms with E-state index in [0.717, 1.165) is 0 Å². The van der Waals surface area contributed by atoms with Gasteiger partial charge in [-0.2, -0.15) is 0 Å². The van der Waals surface area contributed by atoms with Crippen LogP contribution in [0.1, 0.15) is 11.1 Å². The van der Waals surface area contributed by atoms with Gasteiger partial charge in [0, 0.05) is 0 Å². The molecule has 0 aromatic heterocycles. The number of rotatable bonds is 0. The van der Waals surface area contributed by atoms with E-state index in [0.29, 0.717) is 0 Å². The molecule has 1 aromatic carbocycles. The maximum atomic E-state index is 2.12. The van der Waals surface area contributed by atoms with Gasteiger partial charge in [-0.05, 0) is 13.8 Å². The Morgan fingerprint density at radius 3 is 1.22 bits per heavy atom. The van der Waals surface area contributed by atoms with Crippen molar-refractivity contribution in [1.29, 1.82) is 0 Å². The Morgan fingerprint density at radius 1 is 0.778 bits per heavy atom. The molecule has 0 heterocycles. The van der Waals surface area contributed by atoms with Gasteiger partial charge in [0.2, 0.25) is 0 Å². The molecule has 0 unspecified atom stereocenters. The van der Waals surface area contributed by atoms with E-state index in [-0.39, 0.29) is 5.48 Å². The highest BCUT2D eigenvalue weighted by Gasteiger charge is 1.79. The zero-order valence-corrected chi connectivity index (χ0v) is 5.76. The summed E-state index contributed by atoms with van der Waals surface area (Å²) in [4.78, 5) is 0. The van der Waals surface area contributed by atoms with Crippen molar-refractivity contribution in [3.8, 4) is 0 Å². The molecule has 0 aliphatic rings. The lowest BCUT2D eigenvalue weighted by Gasteiger charge is -1.90. The molecule has 0 spiro atoms. The van der Waals surface area contributed by atoms with Crippen molar-refractivity contribution >= 4 is 0 Å². The Hall–Kier alpha value is -0.820. The van der Waals surface area contributed by atoms with Gasteiger partial charge >= 0.3 is 0 Å². The van der Waals surface area contributed by atoms with E-state index < -0.39 is 0 Å². The highest BCUT2D eigenvalue weighted by atomic mass is 16.0. The largest absolute Gasteiger partial charge is 0.255 e. The minimum atomic E-state index is 0. The molecule has 9 heavy (non-hydrogen) atoms. The van der Waals surface area contributed by atoms with Crippen LogP contribution in [0.25, 0.3) is 0 Å². The van der Waals surface area contributed by atoms with Crippen LogP contribution in [0.3, 0.4) is 0 Å². The highest BCUT2D eigenvalue weighted by Crippen LogP contribution is 1.99. The van der Waals surface area contributed by atoms with Gasteiger partial charge in [-0.15, -0.1) is 0 Å².